The van der Waals surface area contributed by atoms with Crippen LogP contribution >= 0.6 is 31.9 Å². The van der Waals surface area contributed by atoms with Crippen LogP contribution in [0.3, 0.4) is 0 Å². The van der Waals surface area contributed by atoms with Crippen LogP contribution in [0.2, 0.25) is 0 Å². The number of nitrogens with two attached hydrogens (primary N) is 1. The van der Waals surface area contributed by atoms with E-state index in [0.717, 1.165) is 15.6 Å². The Kier molecular flexibility index (Phi) is 4.59. The van der Waals surface area contributed by atoms with E-state index >= 15 is 0 Å². The van der Waals surface area contributed by atoms with Crippen LogP contribution in [0.15, 0.2) is 22.7 Å². The van der Waals surface area contributed by atoms with Crippen LogP contribution < -0.4 is 5.73 Å². The van der Waals surface area contributed by atoms with E-state index in [1.54, 1.807) is 0 Å². The molecule has 0 aliphatic heterocycles. The minimum absolute atomic E-state index is 0.137. The van der Waals surface area contributed by atoms with E-state index in [2.05, 4.69) is 37.9 Å². The molecular formula is C10H10Br2N2. The van der Waals surface area contributed by atoms with E-state index in [-0.39, 0.29) is 4.83 Å². The van der Waals surface area contributed by atoms with Gasteiger partial charge < -0.3 is 5.73 Å². The van der Waals surface area contributed by atoms with Crippen molar-refractivity contribution in [1.82, 2.24) is 0 Å². The molecule has 1 aromatic carbocycles. The molecule has 0 bridgehead atoms. The third kappa shape index (κ3) is 3.41. The van der Waals surface area contributed by atoms with Crippen molar-refractivity contribution < 1.29 is 0 Å². The lowest BCUT2D eigenvalue weighted by atomic mass is 10.1. The molecule has 0 saturated carbocycles. The normalized spacial score (nSPS) is 12.1. The lowest BCUT2D eigenvalue weighted by Gasteiger charge is -2.05. The molecule has 0 amide bonds. The highest BCUT2D eigenvalue weighted by Crippen LogP contribution is 2.18. The van der Waals surface area contributed by atoms with Gasteiger partial charge in [-0.25, -0.2) is 0 Å². The van der Waals surface area contributed by atoms with E-state index < -0.39 is 0 Å². The zero-order chi connectivity index (χ0) is 10.6. The number of benzene rings is 1. The summed E-state index contributed by atoms with van der Waals surface area (Å²) in [7, 11) is 0. The predicted molar refractivity (Wildman–Crippen MR) is 64.1 cm³/mol. The SMILES string of the molecule is N#CC(Br)Cc1cc(Br)cc(CN)c1. The Morgan fingerprint density at radius 3 is 2.57 bits per heavy atom. The molecule has 0 saturated heterocycles. The zero-order valence-electron chi connectivity index (χ0n) is 7.50. The van der Waals surface area contributed by atoms with Gasteiger partial charge in [0.05, 0.1) is 6.07 Å². The Morgan fingerprint density at radius 1 is 1.36 bits per heavy atom. The summed E-state index contributed by atoms with van der Waals surface area (Å²) >= 11 is 6.69. The van der Waals surface area contributed by atoms with Crippen LogP contribution in [0.5, 0.6) is 0 Å². The minimum atomic E-state index is -0.137. The molecule has 74 valence electrons. The smallest absolute Gasteiger partial charge is 0.105 e. The number of hydrogen-bond acceptors (Lipinski definition) is 2. The van der Waals surface area contributed by atoms with E-state index in [0.29, 0.717) is 13.0 Å². The third-order valence-electron chi connectivity index (χ3n) is 1.81. The molecule has 0 spiro atoms. The molecule has 0 aliphatic rings. The van der Waals surface area contributed by atoms with Crippen molar-refractivity contribution in [3.05, 3.63) is 33.8 Å². The summed E-state index contributed by atoms with van der Waals surface area (Å²) in [5.74, 6) is 0. The summed E-state index contributed by atoms with van der Waals surface area (Å²) in [5.41, 5.74) is 7.74. The van der Waals surface area contributed by atoms with Crippen molar-refractivity contribution >= 4 is 31.9 Å². The quantitative estimate of drug-likeness (QED) is 0.871. The van der Waals surface area contributed by atoms with Gasteiger partial charge >= 0.3 is 0 Å². The maximum atomic E-state index is 8.66. The van der Waals surface area contributed by atoms with Crippen molar-refractivity contribution in [1.29, 1.82) is 5.26 Å². The second kappa shape index (κ2) is 5.50. The summed E-state index contributed by atoms with van der Waals surface area (Å²) in [6.07, 6.45) is 0.697. The van der Waals surface area contributed by atoms with Gasteiger partial charge in [-0.1, -0.05) is 37.9 Å². The average molecular weight is 318 g/mol. The van der Waals surface area contributed by atoms with E-state index in [9.17, 15) is 0 Å². The third-order valence-corrected chi connectivity index (χ3v) is 2.79. The van der Waals surface area contributed by atoms with Crippen molar-refractivity contribution in [2.45, 2.75) is 17.8 Å². The first-order valence-electron chi connectivity index (χ1n) is 4.18. The largest absolute Gasteiger partial charge is 0.326 e. The maximum Gasteiger partial charge on any atom is 0.105 e. The fraction of sp³-hybridized carbons (Fsp3) is 0.300. The van der Waals surface area contributed by atoms with Gasteiger partial charge in [-0.2, -0.15) is 5.26 Å². The summed E-state index contributed by atoms with van der Waals surface area (Å²) in [4.78, 5) is -0.137. The number of alkyl halides is 1. The lowest BCUT2D eigenvalue weighted by Crippen LogP contribution is -2.02. The molecule has 0 aromatic heterocycles. The number of nitrogens with zero attached hydrogens (tertiary/aromatic N) is 1. The van der Waals surface area contributed by atoms with Crippen LogP contribution in [0.25, 0.3) is 0 Å². The summed E-state index contributed by atoms with van der Waals surface area (Å²) < 4.78 is 1.01. The van der Waals surface area contributed by atoms with Crippen molar-refractivity contribution in [3.8, 4) is 6.07 Å². The number of nitriles is 1. The molecule has 14 heavy (non-hydrogen) atoms. The van der Waals surface area contributed by atoms with Gasteiger partial charge in [0.1, 0.15) is 4.83 Å². The maximum absolute atomic E-state index is 8.66. The Labute approximate surface area is 100 Å². The van der Waals surface area contributed by atoms with Crippen LogP contribution in [-0.2, 0) is 13.0 Å². The Bertz CT molecular complexity index is 358. The molecule has 0 aliphatic carbocycles. The predicted octanol–water partition coefficient (Wildman–Crippen LogP) is 2.74. The standard InChI is InChI=1S/C10H10Br2N2/c11-9-2-7(3-10(12)6-14)1-8(4-9)5-13/h1-2,4,10H,3,5,13H2. The zero-order valence-corrected chi connectivity index (χ0v) is 10.7. The fourth-order valence-electron chi connectivity index (χ4n) is 1.21. The molecule has 1 aromatic rings. The number of hydrogen-bond donors (Lipinski definition) is 1. The topological polar surface area (TPSA) is 49.8 Å². The second-order valence-corrected chi connectivity index (χ2v) is 4.99. The molecule has 2 nitrogen and oxygen atoms in total. The molecule has 1 atom stereocenters. The lowest BCUT2D eigenvalue weighted by molar-refractivity contribution is 1.01. The Balaban J connectivity index is 2.87. The van der Waals surface area contributed by atoms with E-state index in [4.69, 9.17) is 11.0 Å². The first kappa shape index (κ1) is 11.7. The van der Waals surface area contributed by atoms with Gasteiger partial charge in [0, 0.05) is 11.0 Å². The van der Waals surface area contributed by atoms with Crippen LogP contribution in [0, 0.1) is 11.3 Å². The second-order valence-electron chi connectivity index (χ2n) is 2.97. The first-order valence-corrected chi connectivity index (χ1v) is 5.88. The number of halogens is 2. The summed E-state index contributed by atoms with van der Waals surface area (Å²) in [6.45, 7) is 0.520. The van der Waals surface area contributed by atoms with Crippen LogP contribution in [-0.4, -0.2) is 4.83 Å². The highest BCUT2D eigenvalue weighted by atomic mass is 79.9. The molecule has 4 heteroatoms. The molecule has 1 unspecified atom stereocenters. The molecular weight excluding hydrogens is 308 g/mol. The van der Waals surface area contributed by atoms with Crippen LogP contribution in [0.4, 0.5) is 0 Å². The van der Waals surface area contributed by atoms with Gasteiger partial charge in [0.25, 0.3) is 0 Å². The first-order chi connectivity index (χ1) is 6.65. The van der Waals surface area contributed by atoms with Crippen molar-refractivity contribution in [3.63, 3.8) is 0 Å². The summed E-state index contributed by atoms with van der Waals surface area (Å²) in [5, 5.41) is 8.66. The van der Waals surface area contributed by atoms with Crippen molar-refractivity contribution in [2.24, 2.45) is 5.73 Å². The molecule has 2 N–H and O–H groups in total. The van der Waals surface area contributed by atoms with E-state index in [1.165, 1.54) is 0 Å². The average Bonchev–Trinajstić information content (AvgIpc) is 2.16. The summed E-state index contributed by atoms with van der Waals surface area (Å²) in [6, 6.07) is 8.15. The van der Waals surface area contributed by atoms with Gasteiger partial charge in [-0.05, 0) is 29.7 Å². The van der Waals surface area contributed by atoms with Crippen LogP contribution in [0.1, 0.15) is 11.1 Å². The monoisotopic (exact) mass is 316 g/mol. The Hall–Kier alpha value is -0.370. The number of rotatable bonds is 3. The van der Waals surface area contributed by atoms with Gasteiger partial charge in [-0.15, -0.1) is 0 Å². The Morgan fingerprint density at radius 2 is 2.00 bits per heavy atom. The highest BCUT2D eigenvalue weighted by molar-refractivity contribution is 9.10. The highest BCUT2D eigenvalue weighted by Gasteiger charge is 2.05. The molecule has 1 rings (SSSR count). The van der Waals surface area contributed by atoms with Gasteiger partial charge in [0.15, 0.2) is 0 Å². The minimum Gasteiger partial charge on any atom is -0.326 e. The van der Waals surface area contributed by atoms with Gasteiger partial charge in [-0.3, -0.25) is 0 Å². The van der Waals surface area contributed by atoms with E-state index in [1.807, 2.05) is 18.2 Å². The molecule has 0 fully saturated rings. The molecule has 0 heterocycles. The fourth-order valence-corrected chi connectivity index (χ4v) is 2.17. The van der Waals surface area contributed by atoms with Gasteiger partial charge in [0.2, 0.25) is 0 Å². The van der Waals surface area contributed by atoms with Crippen molar-refractivity contribution in [2.75, 3.05) is 0 Å². The molecule has 0 radical (unpaired) electrons.